The van der Waals surface area contributed by atoms with Crippen LogP contribution in [0.4, 0.5) is 24.5 Å². The van der Waals surface area contributed by atoms with Crippen molar-refractivity contribution < 1.29 is 26.4 Å². The Hall–Kier alpha value is -2.59. The van der Waals surface area contributed by atoms with E-state index in [0.29, 0.717) is 6.07 Å². The Morgan fingerprint density at radius 1 is 1.19 bits per heavy atom. The Morgan fingerprint density at radius 3 is 2.59 bits per heavy atom. The zero-order valence-corrected chi connectivity index (χ0v) is 14.9. The van der Waals surface area contributed by atoms with Gasteiger partial charge < -0.3 is 10.6 Å². The van der Waals surface area contributed by atoms with Crippen molar-refractivity contribution in [3.63, 3.8) is 0 Å². The molecule has 11 heteroatoms. The van der Waals surface area contributed by atoms with Gasteiger partial charge in [0.1, 0.15) is 10.7 Å². The molecule has 142 valence electrons. The lowest BCUT2D eigenvalue weighted by Gasteiger charge is -2.18. The van der Waals surface area contributed by atoms with Crippen LogP contribution in [0.15, 0.2) is 51.8 Å². The molecule has 2 aromatic carbocycles. The van der Waals surface area contributed by atoms with E-state index in [1.807, 2.05) is 0 Å². The molecule has 1 aliphatic heterocycles. The second-order valence-corrected chi connectivity index (χ2v) is 7.53. The molecule has 6 nitrogen and oxygen atoms in total. The Morgan fingerprint density at radius 2 is 1.89 bits per heavy atom. The number of para-hydroxylation sites is 1. The molecule has 0 aromatic heterocycles. The van der Waals surface area contributed by atoms with E-state index in [2.05, 4.69) is 15.0 Å². The maximum Gasteiger partial charge on any atom is 0.417 e. The van der Waals surface area contributed by atoms with Crippen LogP contribution >= 0.6 is 11.6 Å². The van der Waals surface area contributed by atoms with Crippen LogP contribution in [0.2, 0.25) is 5.02 Å². The van der Waals surface area contributed by atoms with Crippen molar-refractivity contribution in [3.05, 3.63) is 53.1 Å². The highest BCUT2D eigenvalue weighted by molar-refractivity contribution is 7.90. The third-order valence-corrected chi connectivity index (χ3v) is 5.26. The lowest BCUT2D eigenvalue weighted by molar-refractivity contribution is -0.137. The lowest BCUT2D eigenvalue weighted by atomic mass is 10.2. The predicted octanol–water partition coefficient (Wildman–Crippen LogP) is 3.90. The van der Waals surface area contributed by atoms with Gasteiger partial charge in [0.25, 0.3) is 10.0 Å². The Labute approximate surface area is 157 Å². The summed E-state index contributed by atoms with van der Waals surface area (Å²) in [5.74, 6) is -0.887. The summed E-state index contributed by atoms with van der Waals surface area (Å²) in [6, 6.07) is 8.93. The third-order valence-electron chi connectivity index (χ3n) is 3.56. The minimum absolute atomic E-state index is 0.0262. The molecule has 0 saturated heterocycles. The molecular formula is C16H11ClF3N3O3S. The predicted molar refractivity (Wildman–Crippen MR) is 94.4 cm³/mol. The molecule has 0 bridgehead atoms. The maximum atomic E-state index is 12.9. The Kier molecular flexibility index (Phi) is 4.87. The summed E-state index contributed by atoms with van der Waals surface area (Å²) in [7, 11) is -3.96. The molecule has 1 amide bonds. The van der Waals surface area contributed by atoms with E-state index in [1.165, 1.54) is 24.3 Å². The maximum absolute atomic E-state index is 12.9. The standard InChI is InChI=1S/C16H11ClF3N3O3S/c17-11-6-5-9(7-10(11)16(18,19)20)21-15(24)8-14-22-12-3-1-2-4-13(12)27(25,26)23-14/h1-7H,8H2,(H,21,24)(H,22,23). The number of amidine groups is 1. The Balaban J connectivity index is 1.77. The van der Waals surface area contributed by atoms with E-state index in [4.69, 9.17) is 11.6 Å². The molecule has 0 atom stereocenters. The number of hydrogen-bond donors (Lipinski definition) is 2. The van der Waals surface area contributed by atoms with E-state index >= 15 is 0 Å². The van der Waals surface area contributed by atoms with Gasteiger partial charge in [-0.05, 0) is 30.3 Å². The van der Waals surface area contributed by atoms with Crippen LogP contribution in [0.5, 0.6) is 0 Å². The summed E-state index contributed by atoms with van der Waals surface area (Å²) in [6.45, 7) is 0. The van der Waals surface area contributed by atoms with Gasteiger partial charge in [0, 0.05) is 5.69 Å². The van der Waals surface area contributed by atoms with Crippen molar-refractivity contribution in [2.75, 3.05) is 10.6 Å². The van der Waals surface area contributed by atoms with Crippen LogP contribution in [0.3, 0.4) is 0 Å². The number of alkyl halides is 3. The van der Waals surface area contributed by atoms with Crippen LogP contribution < -0.4 is 10.6 Å². The summed E-state index contributed by atoms with van der Waals surface area (Å²) in [5.41, 5.74) is -0.954. The molecular weight excluding hydrogens is 407 g/mol. The molecule has 0 spiro atoms. The number of carbonyl (C=O) groups is 1. The molecule has 1 aliphatic rings. The number of rotatable bonds is 3. The van der Waals surface area contributed by atoms with Crippen LogP contribution in [0.25, 0.3) is 0 Å². The zero-order chi connectivity index (χ0) is 19.8. The Bertz CT molecular complexity index is 1050. The number of amides is 1. The molecule has 0 aliphatic carbocycles. The van der Waals surface area contributed by atoms with Crippen molar-refractivity contribution in [2.24, 2.45) is 4.40 Å². The molecule has 0 saturated carbocycles. The van der Waals surface area contributed by atoms with Crippen LogP contribution in [0, 0.1) is 0 Å². The average Bonchev–Trinajstić information content (AvgIpc) is 2.55. The van der Waals surface area contributed by atoms with Gasteiger partial charge in [-0.25, -0.2) is 0 Å². The van der Waals surface area contributed by atoms with E-state index in [0.717, 1.165) is 6.07 Å². The number of sulfonamides is 1. The summed E-state index contributed by atoms with van der Waals surface area (Å²) in [5, 5.41) is 4.49. The second-order valence-electron chi connectivity index (χ2n) is 5.55. The van der Waals surface area contributed by atoms with Crippen LogP contribution in [0.1, 0.15) is 12.0 Å². The van der Waals surface area contributed by atoms with Crippen molar-refractivity contribution >= 4 is 44.7 Å². The van der Waals surface area contributed by atoms with Gasteiger partial charge in [0.15, 0.2) is 0 Å². The SMILES string of the molecule is O=C(CC1=NS(=O)(=O)c2ccccc2N1)Nc1ccc(Cl)c(C(F)(F)F)c1. The van der Waals surface area contributed by atoms with E-state index in [1.54, 1.807) is 6.07 Å². The first-order valence-electron chi connectivity index (χ1n) is 7.43. The van der Waals surface area contributed by atoms with Gasteiger partial charge in [-0.3, -0.25) is 4.79 Å². The van der Waals surface area contributed by atoms with E-state index < -0.39 is 39.1 Å². The first kappa shape index (κ1) is 19.2. The molecule has 2 aromatic rings. The normalized spacial score (nSPS) is 15.3. The molecule has 0 unspecified atom stereocenters. The van der Waals surface area contributed by atoms with Crippen LogP contribution in [-0.4, -0.2) is 20.2 Å². The molecule has 0 fully saturated rings. The van der Waals surface area contributed by atoms with Gasteiger partial charge in [-0.15, -0.1) is 4.40 Å². The van der Waals surface area contributed by atoms with Crippen LogP contribution in [-0.2, 0) is 21.0 Å². The summed E-state index contributed by atoms with van der Waals surface area (Å²) in [6.07, 6.45) is -5.15. The van der Waals surface area contributed by atoms with Gasteiger partial charge in [0.05, 0.1) is 22.7 Å². The van der Waals surface area contributed by atoms with Crippen molar-refractivity contribution in [3.8, 4) is 0 Å². The van der Waals surface area contributed by atoms with E-state index in [9.17, 15) is 26.4 Å². The highest BCUT2D eigenvalue weighted by atomic mass is 35.5. The minimum atomic E-state index is -4.68. The van der Waals surface area contributed by atoms with Gasteiger partial charge in [0.2, 0.25) is 5.91 Å². The molecule has 2 N–H and O–H groups in total. The molecule has 3 rings (SSSR count). The third kappa shape index (κ3) is 4.22. The van der Waals surface area contributed by atoms with Gasteiger partial charge >= 0.3 is 6.18 Å². The highest BCUT2D eigenvalue weighted by Crippen LogP contribution is 2.36. The van der Waals surface area contributed by atoms with Crippen molar-refractivity contribution in [2.45, 2.75) is 17.5 Å². The number of halogens is 4. The largest absolute Gasteiger partial charge is 0.417 e. The smallest absolute Gasteiger partial charge is 0.341 e. The summed E-state index contributed by atoms with van der Waals surface area (Å²) in [4.78, 5) is 12.1. The quantitative estimate of drug-likeness (QED) is 0.792. The number of fused-ring (bicyclic) bond motifs is 1. The number of nitrogens with one attached hydrogen (secondary N) is 2. The fraction of sp³-hybridized carbons (Fsp3) is 0.125. The molecule has 1 heterocycles. The van der Waals surface area contributed by atoms with E-state index in [-0.39, 0.29) is 22.1 Å². The van der Waals surface area contributed by atoms with Gasteiger partial charge in [-0.2, -0.15) is 21.6 Å². The number of nitrogens with zero attached hydrogens (tertiary/aromatic N) is 1. The van der Waals surface area contributed by atoms with Crippen molar-refractivity contribution in [1.29, 1.82) is 0 Å². The number of benzene rings is 2. The topological polar surface area (TPSA) is 87.6 Å². The summed E-state index contributed by atoms with van der Waals surface area (Å²) >= 11 is 5.52. The molecule has 0 radical (unpaired) electrons. The number of carbonyl (C=O) groups excluding carboxylic acids is 1. The minimum Gasteiger partial charge on any atom is -0.341 e. The average molecular weight is 418 g/mol. The fourth-order valence-corrected chi connectivity index (χ4v) is 3.79. The fourth-order valence-electron chi connectivity index (χ4n) is 2.42. The number of hydrogen-bond acceptors (Lipinski definition) is 4. The monoisotopic (exact) mass is 417 g/mol. The summed E-state index contributed by atoms with van der Waals surface area (Å²) < 4.78 is 66.4. The molecule has 27 heavy (non-hydrogen) atoms. The first-order chi connectivity index (χ1) is 12.6. The zero-order valence-electron chi connectivity index (χ0n) is 13.3. The van der Waals surface area contributed by atoms with Gasteiger partial charge in [-0.1, -0.05) is 23.7 Å². The first-order valence-corrected chi connectivity index (χ1v) is 9.24. The highest BCUT2D eigenvalue weighted by Gasteiger charge is 2.33. The lowest BCUT2D eigenvalue weighted by Crippen LogP contribution is -2.26. The number of anilines is 2. The second kappa shape index (κ2) is 6.86. The van der Waals surface area contributed by atoms with Crippen molar-refractivity contribution in [1.82, 2.24) is 0 Å².